The van der Waals surface area contributed by atoms with Crippen LogP contribution in [0, 0.1) is 19.3 Å². The predicted octanol–water partition coefficient (Wildman–Crippen LogP) is 1.10. The second kappa shape index (κ2) is 7.93. The van der Waals surface area contributed by atoms with E-state index >= 15 is 0 Å². The van der Waals surface area contributed by atoms with Gasteiger partial charge in [-0.05, 0) is 51.8 Å². The number of rotatable bonds is 7. The molecule has 2 heterocycles. The van der Waals surface area contributed by atoms with Crippen LogP contribution in [0.25, 0.3) is 0 Å². The van der Waals surface area contributed by atoms with Crippen LogP contribution in [0.1, 0.15) is 36.2 Å². The van der Waals surface area contributed by atoms with Crippen molar-refractivity contribution in [1.29, 1.82) is 0 Å². The van der Waals surface area contributed by atoms with Gasteiger partial charge in [-0.1, -0.05) is 0 Å². The molecule has 0 aliphatic carbocycles. The summed E-state index contributed by atoms with van der Waals surface area (Å²) >= 11 is 0. The van der Waals surface area contributed by atoms with Crippen LogP contribution in [0.2, 0.25) is 0 Å². The Bertz CT molecular complexity index is 527. The van der Waals surface area contributed by atoms with Gasteiger partial charge in [0.1, 0.15) is 0 Å². The highest BCUT2D eigenvalue weighted by atomic mass is 16.5. The molecule has 1 saturated heterocycles. The van der Waals surface area contributed by atoms with Gasteiger partial charge in [-0.25, -0.2) is 0 Å². The van der Waals surface area contributed by atoms with Crippen LogP contribution in [0.15, 0.2) is 0 Å². The molecule has 0 unspecified atom stereocenters. The lowest BCUT2D eigenvalue weighted by Crippen LogP contribution is -2.47. The van der Waals surface area contributed by atoms with E-state index in [1.165, 1.54) is 5.56 Å². The molecular formula is C17H30N4O2. The van der Waals surface area contributed by atoms with Crippen LogP contribution < -0.4 is 10.6 Å². The minimum atomic E-state index is 0.0792. The zero-order valence-electron chi connectivity index (χ0n) is 14.9. The normalized spacial score (nSPS) is 17.2. The molecule has 0 aromatic carbocycles. The number of nitrogens with one attached hydrogen (secondary N) is 2. The van der Waals surface area contributed by atoms with E-state index in [1.807, 2.05) is 18.7 Å². The molecular weight excluding hydrogens is 292 g/mol. The Morgan fingerprint density at radius 2 is 2.09 bits per heavy atom. The van der Waals surface area contributed by atoms with Crippen LogP contribution >= 0.6 is 0 Å². The Kier molecular flexibility index (Phi) is 6.18. The van der Waals surface area contributed by atoms with Gasteiger partial charge in [-0.3, -0.25) is 9.48 Å². The van der Waals surface area contributed by atoms with Gasteiger partial charge in [0, 0.05) is 38.2 Å². The summed E-state index contributed by atoms with van der Waals surface area (Å²) in [6, 6.07) is 0. The first-order valence-electron chi connectivity index (χ1n) is 8.43. The van der Waals surface area contributed by atoms with Crippen molar-refractivity contribution in [3.05, 3.63) is 17.0 Å². The Balaban J connectivity index is 1.84. The minimum Gasteiger partial charge on any atom is -0.384 e. The summed E-state index contributed by atoms with van der Waals surface area (Å²) in [7, 11) is 3.68. The second-order valence-electron chi connectivity index (χ2n) is 6.73. The molecule has 6 nitrogen and oxygen atoms in total. The van der Waals surface area contributed by atoms with Crippen molar-refractivity contribution in [2.45, 2.75) is 39.5 Å². The van der Waals surface area contributed by atoms with Gasteiger partial charge in [-0.2, -0.15) is 5.10 Å². The molecule has 1 aliphatic heterocycles. The quantitative estimate of drug-likeness (QED) is 0.789. The van der Waals surface area contributed by atoms with Crippen molar-refractivity contribution >= 4 is 5.91 Å². The third-order valence-corrected chi connectivity index (χ3v) is 5.04. The van der Waals surface area contributed by atoms with Gasteiger partial charge in [0.25, 0.3) is 0 Å². The summed E-state index contributed by atoms with van der Waals surface area (Å²) in [4.78, 5) is 12.2. The average molecular weight is 322 g/mol. The lowest BCUT2D eigenvalue weighted by molar-refractivity contribution is -0.122. The summed E-state index contributed by atoms with van der Waals surface area (Å²) in [5, 5.41) is 10.9. The van der Waals surface area contributed by atoms with Crippen LogP contribution in [0.4, 0.5) is 0 Å². The summed E-state index contributed by atoms with van der Waals surface area (Å²) in [6.45, 7) is 7.45. The second-order valence-corrected chi connectivity index (χ2v) is 6.73. The number of hydrogen-bond acceptors (Lipinski definition) is 4. The van der Waals surface area contributed by atoms with Crippen LogP contribution in [0.5, 0.6) is 0 Å². The Morgan fingerprint density at radius 1 is 1.39 bits per heavy atom. The molecule has 1 fully saturated rings. The standard InChI is InChI=1S/C17H30N4O2/c1-13-15(14(2)21(3)20-13)5-6-16(22)19-11-17(12-23-4)7-9-18-10-8-17/h18H,5-12H2,1-4H3,(H,19,22). The van der Waals surface area contributed by atoms with E-state index in [2.05, 4.69) is 22.7 Å². The fraction of sp³-hybridized carbons (Fsp3) is 0.765. The minimum absolute atomic E-state index is 0.0792. The molecule has 2 N–H and O–H groups in total. The number of hydrogen-bond donors (Lipinski definition) is 2. The number of carbonyl (C=O) groups is 1. The maximum absolute atomic E-state index is 12.2. The average Bonchev–Trinajstić information content (AvgIpc) is 2.77. The Morgan fingerprint density at radius 3 is 2.65 bits per heavy atom. The number of aromatic nitrogens is 2. The molecule has 0 bridgehead atoms. The fourth-order valence-electron chi connectivity index (χ4n) is 3.43. The van der Waals surface area contributed by atoms with Crippen LogP contribution in [0.3, 0.4) is 0 Å². The Labute approximate surface area is 139 Å². The third-order valence-electron chi connectivity index (χ3n) is 5.04. The molecule has 1 amide bonds. The van der Waals surface area contributed by atoms with Crippen molar-refractivity contribution in [2.24, 2.45) is 12.5 Å². The summed E-state index contributed by atoms with van der Waals surface area (Å²) in [6.07, 6.45) is 3.34. The number of aryl methyl sites for hydroxylation is 2. The summed E-state index contributed by atoms with van der Waals surface area (Å²) in [5.41, 5.74) is 3.43. The van der Waals surface area contributed by atoms with Crippen molar-refractivity contribution < 1.29 is 9.53 Å². The van der Waals surface area contributed by atoms with Gasteiger partial charge < -0.3 is 15.4 Å². The number of ether oxygens (including phenoxy) is 1. The summed E-state index contributed by atoms with van der Waals surface area (Å²) in [5.74, 6) is 0.113. The number of piperidine rings is 1. The molecule has 0 saturated carbocycles. The zero-order chi connectivity index (χ0) is 16.9. The maximum atomic E-state index is 12.2. The first kappa shape index (κ1) is 17.9. The number of methoxy groups -OCH3 is 1. The van der Waals surface area contributed by atoms with Gasteiger partial charge in [-0.15, -0.1) is 0 Å². The van der Waals surface area contributed by atoms with E-state index in [-0.39, 0.29) is 11.3 Å². The SMILES string of the molecule is COCC1(CNC(=O)CCc2c(C)nn(C)c2C)CCNCC1. The highest BCUT2D eigenvalue weighted by Gasteiger charge is 2.32. The number of nitrogens with zero attached hydrogens (tertiary/aromatic N) is 2. The highest BCUT2D eigenvalue weighted by Crippen LogP contribution is 2.28. The summed E-state index contributed by atoms with van der Waals surface area (Å²) < 4.78 is 7.27. The largest absolute Gasteiger partial charge is 0.384 e. The molecule has 23 heavy (non-hydrogen) atoms. The van der Waals surface area contributed by atoms with Gasteiger partial charge >= 0.3 is 0 Å². The zero-order valence-corrected chi connectivity index (χ0v) is 14.9. The van der Waals surface area contributed by atoms with E-state index < -0.39 is 0 Å². The number of amides is 1. The first-order chi connectivity index (χ1) is 11.0. The first-order valence-corrected chi connectivity index (χ1v) is 8.43. The molecule has 1 aromatic heterocycles. The maximum Gasteiger partial charge on any atom is 0.220 e. The van der Waals surface area contributed by atoms with E-state index in [1.54, 1.807) is 7.11 Å². The molecule has 1 aromatic rings. The van der Waals surface area contributed by atoms with E-state index in [4.69, 9.17) is 4.74 Å². The highest BCUT2D eigenvalue weighted by molar-refractivity contribution is 5.76. The van der Waals surface area contributed by atoms with Crippen LogP contribution in [-0.2, 0) is 23.0 Å². The Hall–Kier alpha value is -1.40. The molecule has 6 heteroatoms. The fourth-order valence-corrected chi connectivity index (χ4v) is 3.43. The monoisotopic (exact) mass is 322 g/mol. The predicted molar refractivity (Wildman–Crippen MR) is 90.4 cm³/mol. The smallest absolute Gasteiger partial charge is 0.220 e. The number of carbonyl (C=O) groups excluding carboxylic acids is 1. The molecule has 130 valence electrons. The van der Waals surface area contributed by atoms with Crippen LogP contribution in [-0.4, -0.2) is 49.0 Å². The molecule has 2 rings (SSSR count). The topological polar surface area (TPSA) is 68.2 Å². The van der Waals surface area contributed by atoms with Crippen molar-refractivity contribution in [1.82, 2.24) is 20.4 Å². The molecule has 0 spiro atoms. The van der Waals surface area contributed by atoms with Crippen molar-refractivity contribution in [3.63, 3.8) is 0 Å². The molecule has 1 aliphatic rings. The lowest BCUT2D eigenvalue weighted by Gasteiger charge is -2.37. The van der Waals surface area contributed by atoms with Gasteiger partial charge in [0.2, 0.25) is 5.91 Å². The van der Waals surface area contributed by atoms with Crippen molar-refractivity contribution in [3.8, 4) is 0 Å². The van der Waals surface area contributed by atoms with Gasteiger partial charge in [0.15, 0.2) is 0 Å². The van der Waals surface area contributed by atoms with Crippen molar-refractivity contribution in [2.75, 3.05) is 33.4 Å². The van der Waals surface area contributed by atoms with E-state index in [9.17, 15) is 4.79 Å². The van der Waals surface area contributed by atoms with E-state index in [0.29, 0.717) is 19.6 Å². The molecule has 0 radical (unpaired) electrons. The lowest BCUT2D eigenvalue weighted by atomic mass is 9.79. The molecule has 0 atom stereocenters. The third kappa shape index (κ3) is 4.54. The van der Waals surface area contributed by atoms with E-state index in [0.717, 1.165) is 43.7 Å². The van der Waals surface area contributed by atoms with Gasteiger partial charge in [0.05, 0.1) is 12.3 Å².